The normalized spacial score (nSPS) is 20.5. The van der Waals surface area contributed by atoms with Gasteiger partial charge in [-0.25, -0.2) is 0 Å². The Labute approximate surface area is 340 Å². The highest BCUT2D eigenvalue weighted by Crippen LogP contribution is 2.30. The zero-order valence-corrected chi connectivity index (χ0v) is 35.5. The number of Topliss-reactive ketones (excluding diaryl/α,β-unsaturated/α-hetero) is 1. The van der Waals surface area contributed by atoms with E-state index in [4.69, 9.17) is 4.74 Å². The molecule has 2 unspecified atom stereocenters. The summed E-state index contributed by atoms with van der Waals surface area (Å²) in [4.78, 5) is 74.2. The standard InChI is InChI=1S/C45H68N6O6/c1-30(2)25-37(41(53)45(7)29-57-45)47-44(56)39(28-35-17-13-10-14-18-35)49-43(55)38(26-31(3)4)48-42(54)36(20-19-34-15-11-9-12-16-34)46-40(52)27-32(5)33(6)51-23-21-50(8)22-24-51/h9-18,30-33,36-39H,19-29H2,1-8H3,(H,46,52)(H,47,56)(H,48,54)(H,49,55)/t32?,33?,36-,37-,38-,39-,45+/m0/s1. The number of ether oxygens (including phenoxy) is 1. The van der Waals surface area contributed by atoms with Crippen molar-refractivity contribution in [2.75, 3.05) is 39.8 Å². The van der Waals surface area contributed by atoms with Crippen molar-refractivity contribution in [3.8, 4) is 0 Å². The van der Waals surface area contributed by atoms with Gasteiger partial charge in [-0.3, -0.25) is 28.9 Å². The zero-order valence-electron chi connectivity index (χ0n) is 35.5. The van der Waals surface area contributed by atoms with Crippen molar-refractivity contribution in [2.45, 2.75) is 123 Å². The minimum atomic E-state index is -1.03. The summed E-state index contributed by atoms with van der Waals surface area (Å²) in [5, 5.41) is 11.9. The highest BCUT2D eigenvalue weighted by atomic mass is 16.6. The summed E-state index contributed by atoms with van der Waals surface area (Å²) in [6, 6.07) is 15.7. The van der Waals surface area contributed by atoms with E-state index in [1.807, 2.05) is 88.4 Å². The van der Waals surface area contributed by atoms with E-state index in [0.717, 1.165) is 37.3 Å². The van der Waals surface area contributed by atoms with Gasteiger partial charge in [0, 0.05) is 45.1 Å². The highest BCUT2D eigenvalue weighted by Gasteiger charge is 2.50. The van der Waals surface area contributed by atoms with Crippen LogP contribution in [0.1, 0.15) is 85.3 Å². The molecule has 2 heterocycles. The molecule has 2 aromatic carbocycles. The number of carbonyl (C=O) groups is 5. The summed E-state index contributed by atoms with van der Waals surface area (Å²) in [7, 11) is 2.12. The Hall–Kier alpha value is -4.13. The van der Waals surface area contributed by atoms with Crippen molar-refractivity contribution in [2.24, 2.45) is 17.8 Å². The Bertz CT molecular complexity index is 1610. The third-order valence-electron chi connectivity index (χ3n) is 11.4. The fourth-order valence-electron chi connectivity index (χ4n) is 7.43. The predicted molar refractivity (Wildman–Crippen MR) is 223 cm³/mol. The molecule has 0 spiro atoms. The maximum Gasteiger partial charge on any atom is 0.243 e. The van der Waals surface area contributed by atoms with Crippen molar-refractivity contribution in [1.29, 1.82) is 0 Å². The van der Waals surface area contributed by atoms with Gasteiger partial charge in [0.25, 0.3) is 0 Å². The number of amides is 4. The second kappa shape index (κ2) is 21.6. The number of piperazine rings is 1. The van der Waals surface area contributed by atoms with Crippen LogP contribution < -0.4 is 21.3 Å². The van der Waals surface area contributed by atoms with E-state index in [0.29, 0.717) is 32.3 Å². The van der Waals surface area contributed by atoms with Crippen LogP contribution in [-0.4, -0.2) is 115 Å². The predicted octanol–water partition coefficient (Wildman–Crippen LogP) is 3.91. The first-order chi connectivity index (χ1) is 27.0. The van der Waals surface area contributed by atoms with Crippen LogP contribution in [0.25, 0.3) is 0 Å². The molecule has 12 nitrogen and oxygen atoms in total. The van der Waals surface area contributed by atoms with Gasteiger partial charge < -0.3 is 30.9 Å². The maximum atomic E-state index is 14.2. The van der Waals surface area contributed by atoms with Crippen molar-refractivity contribution >= 4 is 29.4 Å². The minimum Gasteiger partial charge on any atom is -0.361 e. The lowest BCUT2D eigenvalue weighted by Crippen LogP contribution is -2.59. The largest absolute Gasteiger partial charge is 0.361 e. The van der Waals surface area contributed by atoms with Crippen LogP contribution in [0.3, 0.4) is 0 Å². The van der Waals surface area contributed by atoms with Gasteiger partial charge in [0.05, 0.1) is 12.6 Å². The molecule has 2 fully saturated rings. The Morgan fingerprint density at radius 1 is 0.667 bits per heavy atom. The summed E-state index contributed by atoms with van der Waals surface area (Å²) in [5.41, 5.74) is 0.932. The van der Waals surface area contributed by atoms with E-state index >= 15 is 0 Å². The molecule has 2 aromatic rings. The van der Waals surface area contributed by atoms with Crippen LogP contribution in [0.5, 0.6) is 0 Å². The Kier molecular flexibility index (Phi) is 17.3. The van der Waals surface area contributed by atoms with Gasteiger partial charge in [0.1, 0.15) is 23.7 Å². The molecule has 12 heteroatoms. The summed E-state index contributed by atoms with van der Waals surface area (Å²) < 4.78 is 5.43. The van der Waals surface area contributed by atoms with Gasteiger partial charge in [-0.15, -0.1) is 0 Å². The first-order valence-electron chi connectivity index (χ1n) is 20.9. The van der Waals surface area contributed by atoms with Gasteiger partial charge in [-0.1, -0.05) is 95.3 Å². The summed E-state index contributed by atoms with van der Waals surface area (Å²) >= 11 is 0. The molecule has 4 amide bonds. The number of nitrogens with one attached hydrogen (secondary N) is 4. The lowest BCUT2D eigenvalue weighted by molar-refractivity contribution is -0.135. The monoisotopic (exact) mass is 789 g/mol. The molecule has 4 rings (SSSR count). The van der Waals surface area contributed by atoms with Crippen molar-refractivity contribution in [3.63, 3.8) is 0 Å². The molecular weight excluding hydrogens is 721 g/mol. The van der Waals surface area contributed by atoms with Gasteiger partial charge in [0.2, 0.25) is 23.6 Å². The first kappa shape index (κ1) is 45.6. The summed E-state index contributed by atoms with van der Waals surface area (Å²) in [5.74, 6) is -1.66. The zero-order chi connectivity index (χ0) is 41.7. The van der Waals surface area contributed by atoms with Crippen molar-refractivity contribution in [1.82, 2.24) is 31.1 Å². The van der Waals surface area contributed by atoms with E-state index in [2.05, 4.69) is 52.0 Å². The van der Waals surface area contributed by atoms with Crippen molar-refractivity contribution < 1.29 is 28.7 Å². The van der Waals surface area contributed by atoms with Gasteiger partial charge in [-0.2, -0.15) is 0 Å². The highest BCUT2D eigenvalue weighted by molar-refractivity contribution is 5.98. The van der Waals surface area contributed by atoms with Crippen LogP contribution in [0.2, 0.25) is 0 Å². The number of ketones is 1. The van der Waals surface area contributed by atoms with Gasteiger partial charge >= 0.3 is 0 Å². The van der Waals surface area contributed by atoms with Crippen LogP contribution in [0, 0.1) is 17.8 Å². The van der Waals surface area contributed by atoms with Crippen LogP contribution in [-0.2, 0) is 41.6 Å². The van der Waals surface area contributed by atoms with Crippen LogP contribution in [0.4, 0.5) is 0 Å². The number of epoxide rings is 1. The van der Waals surface area contributed by atoms with Crippen molar-refractivity contribution in [3.05, 3.63) is 71.8 Å². The topological polar surface area (TPSA) is 152 Å². The van der Waals surface area contributed by atoms with Gasteiger partial charge in [-0.05, 0) is 75.5 Å². The molecule has 0 bridgehead atoms. The molecule has 7 atom stereocenters. The Morgan fingerprint density at radius 3 is 1.72 bits per heavy atom. The molecule has 0 radical (unpaired) electrons. The minimum absolute atomic E-state index is 0.0176. The number of nitrogens with zero attached hydrogens (tertiary/aromatic N) is 2. The number of benzene rings is 2. The lowest BCUT2D eigenvalue weighted by atomic mass is 9.93. The molecule has 2 aliphatic heterocycles. The molecule has 4 N–H and O–H groups in total. The summed E-state index contributed by atoms with van der Waals surface area (Å²) in [6.07, 6.45) is 2.06. The van der Waals surface area contributed by atoms with Crippen LogP contribution in [0.15, 0.2) is 60.7 Å². The third-order valence-corrected chi connectivity index (χ3v) is 11.4. The molecule has 57 heavy (non-hydrogen) atoms. The molecule has 2 aliphatic rings. The average molecular weight is 789 g/mol. The van der Waals surface area contributed by atoms with E-state index in [1.165, 1.54) is 0 Å². The lowest BCUT2D eigenvalue weighted by Gasteiger charge is -2.38. The fourth-order valence-corrected chi connectivity index (χ4v) is 7.43. The molecule has 0 aliphatic carbocycles. The Balaban J connectivity index is 1.50. The maximum absolute atomic E-state index is 14.2. The first-order valence-corrected chi connectivity index (χ1v) is 20.9. The molecule has 314 valence electrons. The van der Waals surface area contributed by atoms with E-state index in [9.17, 15) is 24.0 Å². The van der Waals surface area contributed by atoms with E-state index < -0.39 is 47.5 Å². The Morgan fingerprint density at radius 2 is 1.16 bits per heavy atom. The third kappa shape index (κ3) is 14.6. The second-order valence-corrected chi connectivity index (χ2v) is 17.4. The number of hydrogen-bond donors (Lipinski definition) is 4. The quantitative estimate of drug-likeness (QED) is 0.131. The molecule has 0 aromatic heterocycles. The second-order valence-electron chi connectivity index (χ2n) is 17.4. The van der Waals surface area contributed by atoms with E-state index in [-0.39, 0.29) is 48.3 Å². The van der Waals surface area contributed by atoms with Crippen LogP contribution >= 0.6 is 0 Å². The van der Waals surface area contributed by atoms with Gasteiger partial charge in [0.15, 0.2) is 5.78 Å². The number of likely N-dealkylation sites (N-methyl/N-ethyl adjacent to an activating group) is 1. The SMILES string of the molecule is CC(C)C[C@H](NC(=O)[C@H](CCc1ccccc1)NC(=O)CC(C)C(C)N1CCN(C)CC1)C(=O)N[C@@H](Cc1ccccc1)C(=O)N[C@@H](CC(C)C)C(=O)[C@@]1(C)CO1. The van der Waals surface area contributed by atoms with E-state index in [1.54, 1.807) is 6.92 Å². The number of aryl methyl sites for hydroxylation is 1. The number of rotatable bonds is 22. The number of carbonyl (C=O) groups excluding carboxylic acids is 5. The summed E-state index contributed by atoms with van der Waals surface area (Å²) in [6.45, 7) is 18.0. The molecular formula is C45H68N6O6. The smallest absolute Gasteiger partial charge is 0.243 e. The average Bonchev–Trinajstić information content (AvgIpc) is 3.93. The fraction of sp³-hybridized carbons (Fsp3) is 0.622. The number of hydrogen-bond acceptors (Lipinski definition) is 8. The molecule has 2 saturated heterocycles. The molecule has 0 saturated carbocycles.